The molecule has 2 N–H and O–H groups in total. The minimum atomic E-state index is -0.971. The van der Waals surface area contributed by atoms with E-state index in [9.17, 15) is 9.32 Å². The van der Waals surface area contributed by atoms with E-state index in [-0.39, 0.29) is 18.7 Å². The van der Waals surface area contributed by atoms with Crippen molar-refractivity contribution in [2.45, 2.75) is 23.9 Å². The summed E-state index contributed by atoms with van der Waals surface area (Å²) in [6.07, 6.45) is 1.67. The van der Waals surface area contributed by atoms with Crippen LogP contribution in [-0.2, 0) is 10.8 Å². The first-order valence-electron chi connectivity index (χ1n) is 7.49. The summed E-state index contributed by atoms with van der Waals surface area (Å²) in [6.45, 7) is 2.04. The van der Waals surface area contributed by atoms with Crippen LogP contribution in [0.25, 0.3) is 0 Å². The van der Waals surface area contributed by atoms with Gasteiger partial charge in [-0.2, -0.15) is 0 Å². The minimum Gasteiger partial charge on any atom is -0.497 e. The van der Waals surface area contributed by atoms with Gasteiger partial charge in [0.15, 0.2) is 0 Å². The zero-order chi connectivity index (χ0) is 16.8. The first-order valence-corrected chi connectivity index (χ1v) is 9.05. The Hall–Kier alpha value is -1.69. The standard InChI is InChI=1S/C18H23NO3S/c1-13(14-7-9-17(10-8-14)23(3)21)19-18(12-20)15-5-4-6-16(11-15)22-2/h4-11,13,18-20H,12H2,1-3H3. The summed E-state index contributed by atoms with van der Waals surface area (Å²) >= 11 is 0. The quantitative estimate of drug-likeness (QED) is 0.818. The van der Waals surface area contributed by atoms with Crippen LogP contribution in [0.2, 0.25) is 0 Å². The van der Waals surface area contributed by atoms with Crippen molar-refractivity contribution < 1.29 is 14.1 Å². The van der Waals surface area contributed by atoms with Gasteiger partial charge in [-0.3, -0.25) is 4.21 Å². The molecule has 124 valence electrons. The maximum absolute atomic E-state index is 11.4. The normalized spacial score (nSPS) is 15.0. The van der Waals surface area contributed by atoms with Crippen LogP contribution in [-0.4, -0.2) is 29.3 Å². The third-order valence-corrected chi connectivity index (χ3v) is 4.78. The lowest BCUT2D eigenvalue weighted by atomic mass is 10.0. The maximum atomic E-state index is 11.4. The Morgan fingerprint density at radius 3 is 2.43 bits per heavy atom. The van der Waals surface area contributed by atoms with Gasteiger partial charge in [-0.1, -0.05) is 24.3 Å². The van der Waals surface area contributed by atoms with Crippen molar-refractivity contribution in [2.24, 2.45) is 0 Å². The molecule has 23 heavy (non-hydrogen) atoms. The molecule has 0 fully saturated rings. The number of methoxy groups -OCH3 is 1. The summed E-state index contributed by atoms with van der Waals surface area (Å²) < 4.78 is 16.7. The van der Waals surface area contributed by atoms with E-state index in [1.54, 1.807) is 13.4 Å². The van der Waals surface area contributed by atoms with Crippen LogP contribution in [0.4, 0.5) is 0 Å². The van der Waals surface area contributed by atoms with Gasteiger partial charge in [0.2, 0.25) is 0 Å². The van der Waals surface area contributed by atoms with Gasteiger partial charge in [0.05, 0.1) is 19.8 Å². The highest BCUT2D eigenvalue weighted by Crippen LogP contribution is 2.23. The Kier molecular flexibility index (Phi) is 6.33. The summed E-state index contributed by atoms with van der Waals surface area (Å²) in [6, 6.07) is 15.2. The topological polar surface area (TPSA) is 58.6 Å². The molecule has 3 unspecified atom stereocenters. The molecule has 0 spiro atoms. The van der Waals surface area contributed by atoms with Crippen LogP contribution in [0, 0.1) is 0 Å². The molecule has 2 aromatic carbocycles. The molecule has 0 bridgehead atoms. The Labute approximate surface area is 140 Å². The number of ether oxygens (including phenoxy) is 1. The largest absolute Gasteiger partial charge is 0.497 e. The summed E-state index contributed by atoms with van der Waals surface area (Å²) in [5.41, 5.74) is 2.06. The number of hydrogen-bond acceptors (Lipinski definition) is 4. The fourth-order valence-electron chi connectivity index (χ4n) is 2.46. The van der Waals surface area contributed by atoms with E-state index in [1.165, 1.54) is 0 Å². The van der Waals surface area contributed by atoms with E-state index in [0.29, 0.717) is 0 Å². The predicted molar refractivity (Wildman–Crippen MR) is 93.1 cm³/mol. The Balaban J connectivity index is 2.12. The summed E-state index contributed by atoms with van der Waals surface area (Å²) in [4.78, 5) is 0.812. The molecule has 0 saturated carbocycles. The number of aliphatic hydroxyl groups excluding tert-OH is 1. The molecule has 0 aliphatic heterocycles. The highest BCUT2D eigenvalue weighted by atomic mass is 32.2. The smallest absolute Gasteiger partial charge is 0.119 e. The number of rotatable bonds is 7. The number of aliphatic hydroxyl groups is 1. The summed E-state index contributed by atoms with van der Waals surface area (Å²) in [5.74, 6) is 0.769. The molecule has 0 heterocycles. The van der Waals surface area contributed by atoms with Crippen LogP contribution < -0.4 is 10.1 Å². The van der Waals surface area contributed by atoms with E-state index in [2.05, 4.69) is 5.32 Å². The van der Waals surface area contributed by atoms with Crippen molar-refractivity contribution in [3.05, 3.63) is 59.7 Å². The number of nitrogens with one attached hydrogen (secondary N) is 1. The molecule has 3 atom stereocenters. The van der Waals surface area contributed by atoms with Gasteiger partial charge < -0.3 is 15.2 Å². The van der Waals surface area contributed by atoms with Gasteiger partial charge in [0.25, 0.3) is 0 Å². The van der Waals surface area contributed by atoms with Crippen molar-refractivity contribution >= 4 is 10.8 Å². The average molecular weight is 333 g/mol. The average Bonchev–Trinajstić information content (AvgIpc) is 2.59. The fraction of sp³-hybridized carbons (Fsp3) is 0.333. The molecule has 0 amide bonds. The second-order valence-electron chi connectivity index (χ2n) is 5.42. The predicted octanol–water partition coefficient (Wildman–Crippen LogP) is 2.82. The van der Waals surface area contributed by atoms with Crippen molar-refractivity contribution in [2.75, 3.05) is 20.0 Å². The maximum Gasteiger partial charge on any atom is 0.119 e. The van der Waals surface area contributed by atoms with E-state index >= 15 is 0 Å². The lowest BCUT2D eigenvalue weighted by Gasteiger charge is -2.23. The molecule has 0 saturated heterocycles. The van der Waals surface area contributed by atoms with Crippen molar-refractivity contribution in [1.29, 1.82) is 0 Å². The van der Waals surface area contributed by atoms with Crippen molar-refractivity contribution in [3.8, 4) is 5.75 Å². The number of hydrogen-bond donors (Lipinski definition) is 2. The highest BCUT2D eigenvalue weighted by molar-refractivity contribution is 7.84. The minimum absolute atomic E-state index is 0.00539. The van der Waals surface area contributed by atoms with E-state index in [1.807, 2.05) is 55.5 Å². The first-order chi connectivity index (χ1) is 11.0. The molecule has 0 aromatic heterocycles. The van der Waals surface area contributed by atoms with Crippen LogP contribution in [0.3, 0.4) is 0 Å². The van der Waals surface area contributed by atoms with Gasteiger partial charge in [0.1, 0.15) is 5.75 Å². The third kappa shape index (κ3) is 4.64. The Morgan fingerprint density at radius 1 is 1.17 bits per heavy atom. The molecule has 2 aromatic rings. The lowest BCUT2D eigenvalue weighted by Crippen LogP contribution is -2.27. The van der Waals surface area contributed by atoms with E-state index < -0.39 is 10.8 Å². The zero-order valence-corrected chi connectivity index (χ0v) is 14.5. The van der Waals surface area contributed by atoms with Crippen molar-refractivity contribution in [1.82, 2.24) is 5.32 Å². The second-order valence-corrected chi connectivity index (χ2v) is 6.80. The van der Waals surface area contributed by atoms with E-state index in [4.69, 9.17) is 4.74 Å². The van der Waals surface area contributed by atoms with Crippen LogP contribution in [0.1, 0.15) is 30.1 Å². The van der Waals surface area contributed by atoms with Gasteiger partial charge >= 0.3 is 0 Å². The molecular weight excluding hydrogens is 310 g/mol. The second kappa shape index (κ2) is 8.24. The highest BCUT2D eigenvalue weighted by Gasteiger charge is 2.15. The van der Waals surface area contributed by atoms with Gasteiger partial charge in [0, 0.05) is 28.0 Å². The van der Waals surface area contributed by atoms with Gasteiger partial charge in [-0.25, -0.2) is 0 Å². The molecule has 2 rings (SSSR count). The van der Waals surface area contributed by atoms with Crippen LogP contribution in [0.15, 0.2) is 53.4 Å². The molecular formula is C18H23NO3S. The molecule has 0 radical (unpaired) electrons. The third-order valence-electron chi connectivity index (χ3n) is 3.84. The zero-order valence-electron chi connectivity index (χ0n) is 13.7. The first kappa shape index (κ1) is 17.7. The lowest BCUT2D eigenvalue weighted by molar-refractivity contribution is 0.235. The molecule has 4 nitrogen and oxygen atoms in total. The molecule has 5 heteroatoms. The Bertz CT molecular complexity index is 658. The SMILES string of the molecule is COc1cccc(C(CO)NC(C)c2ccc(S(C)=O)cc2)c1. The summed E-state index contributed by atoms with van der Waals surface area (Å²) in [7, 11) is 0.657. The van der Waals surface area contributed by atoms with Crippen LogP contribution >= 0.6 is 0 Å². The summed E-state index contributed by atoms with van der Waals surface area (Å²) in [5, 5.41) is 13.1. The number of benzene rings is 2. The Morgan fingerprint density at radius 2 is 1.87 bits per heavy atom. The monoisotopic (exact) mass is 333 g/mol. The van der Waals surface area contributed by atoms with E-state index in [0.717, 1.165) is 21.8 Å². The molecule has 0 aliphatic carbocycles. The fourth-order valence-corrected chi connectivity index (χ4v) is 2.98. The van der Waals surface area contributed by atoms with Gasteiger partial charge in [-0.05, 0) is 42.3 Å². The van der Waals surface area contributed by atoms with Gasteiger partial charge in [-0.15, -0.1) is 0 Å². The van der Waals surface area contributed by atoms with Crippen LogP contribution in [0.5, 0.6) is 5.75 Å². The van der Waals surface area contributed by atoms with Crippen molar-refractivity contribution in [3.63, 3.8) is 0 Å². The molecule has 0 aliphatic rings.